The highest BCUT2D eigenvalue weighted by Crippen LogP contribution is 2.25. The lowest BCUT2D eigenvalue weighted by atomic mass is 10.1. The molecule has 0 aliphatic heterocycles. The molecule has 5 nitrogen and oxygen atoms in total. The van der Waals surface area contributed by atoms with Crippen LogP contribution < -0.4 is 5.32 Å². The van der Waals surface area contributed by atoms with Crippen molar-refractivity contribution in [3.63, 3.8) is 0 Å². The number of aryl methyl sites for hydroxylation is 3. The standard InChI is InChI=1S/C14H14N2O3S/c1-7-4-5-10(8(2)6-7)12(17)15-13-11(14(18)19)9(3)16-20-13/h4-6H,1-3H3,(H,15,17)(H,18,19). The smallest absolute Gasteiger partial charge is 0.340 e. The molecule has 0 saturated carbocycles. The average Bonchev–Trinajstić information content (AvgIpc) is 2.70. The molecule has 1 aromatic heterocycles. The highest BCUT2D eigenvalue weighted by molar-refractivity contribution is 7.11. The van der Waals surface area contributed by atoms with Gasteiger partial charge in [-0.3, -0.25) is 4.79 Å². The van der Waals surface area contributed by atoms with Crippen LogP contribution in [0.3, 0.4) is 0 Å². The van der Waals surface area contributed by atoms with Gasteiger partial charge in [-0.15, -0.1) is 0 Å². The summed E-state index contributed by atoms with van der Waals surface area (Å²) in [5.74, 6) is -1.42. The number of nitrogens with one attached hydrogen (secondary N) is 1. The third kappa shape index (κ3) is 2.70. The predicted molar refractivity (Wildman–Crippen MR) is 77.7 cm³/mol. The molecular formula is C14H14N2O3S. The van der Waals surface area contributed by atoms with Crippen molar-refractivity contribution in [1.29, 1.82) is 0 Å². The van der Waals surface area contributed by atoms with E-state index >= 15 is 0 Å². The van der Waals surface area contributed by atoms with E-state index in [9.17, 15) is 9.59 Å². The van der Waals surface area contributed by atoms with Crippen molar-refractivity contribution in [3.8, 4) is 0 Å². The van der Waals surface area contributed by atoms with Gasteiger partial charge in [0.15, 0.2) is 0 Å². The minimum Gasteiger partial charge on any atom is -0.478 e. The Morgan fingerprint density at radius 3 is 2.55 bits per heavy atom. The first-order valence-electron chi connectivity index (χ1n) is 5.98. The van der Waals surface area contributed by atoms with E-state index in [4.69, 9.17) is 5.11 Å². The molecule has 0 aliphatic rings. The summed E-state index contributed by atoms with van der Waals surface area (Å²) in [6.45, 7) is 5.40. The van der Waals surface area contributed by atoms with Crippen LogP contribution in [-0.2, 0) is 0 Å². The lowest BCUT2D eigenvalue weighted by Crippen LogP contribution is -2.14. The maximum atomic E-state index is 12.2. The molecule has 6 heteroatoms. The lowest BCUT2D eigenvalue weighted by Gasteiger charge is -2.07. The minimum absolute atomic E-state index is 0.0492. The summed E-state index contributed by atoms with van der Waals surface area (Å²) < 4.78 is 3.97. The number of nitrogens with zero attached hydrogens (tertiary/aromatic N) is 1. The number of aromatic nitrogens is 1. The third-order valence-electron chi connectivity index (χ3n) is 2.93. The highest BCUT2D eigenvalue weighted by atomic mass is 32.1. The summed E-state index contributed by atoms with van der Waals surface area (Å²) in [7, 11) is 0. The normalized spacial score (nSPS) is 10.3. The zero-order valence-corrected chi connectivity index (χ0v) is 12.2. The van der Waals surface area contributed by atoms with Crippen molar-refractivity contribution >= 4 is 28.4 Å². The first kappa shape index (κ1) is 14.2. The maximum absolute atomic E-state index is 12.2. The Bertz CT molecular complexity index is 692. The Morgan fingerprint density at radius 2 is 1.95 bits per heavy atom. The molecule has 0 atom stereocenters. The van der Waals surface area contributed by atoms with Crippen LogP contribution in [0.2, 0.25) is 0 Å². The monoisotopic (exact) mass is 290 g/mol. The van der Waals surface area contributed by atoms with Crippen molar-refractivity contribution in [2.45, 2.75) is 20.8 Å². The van der Waals surface area contributed by atoms with E-state index in [0.29, 0.717) is 11.3 Å². The molecule has 1 aromatic carbocycles. The van der Waals surface area contributed by atoms with E-state index < -0.39 is 5.97 Å². The molecule has 2 rings (SSSR count). The largest absolute Gasteiger partial charge is 0.478 e. The number of anilines is 1. The Morgan fingerprint density at radius 1 is 1.25 bits per heavy atom. The number of carboxylic acids is 1. The molecule has 0 saturated heterocycles. The first-order valence-corrected chi connectivity index (χ1v) is 6.75. The van der Waals surface area contributed by atoms with Crippen LogP contribution in [0, 0.1) is 20.8 Å². The fourth-order valence-electron chi connectivity index (χ4n) is 1.95. The quantitative estimate of drug-likeness (QED) is 0.910. The van der Waals surface area contributed by atoms with Gasteiger partial charge < -0.3 is 10.4 Å². The van der Waals surface area contributed by atoms with Gasteiger partial charge in [0.2, 0.25) is 0 Å². The highest BCUT2D eigenvalue weighted by Gasteiger charge is 2.20. The Kier molecular flexibility index (Phi) is 3.85. The van der Waals surface area contributed by atoms with E-state index in [1.165, 1.54) is 0 Å². The van der Waals surface area contributed by atoms with Gasteiger partial charge in [0.1, 0.15) is 10.6 Å². The van der Waals surface area contributed by atoms with E-state index in [0.717, 1.165) is 22.7 Å². The Hall–Kier alpha value is -2.21. The summed E-state index contributed by atoms with van der Waals surface area (Å²) in [6.07, 6.45) is 0. The number of hydrogen-bond donors (Lipinski definition) is 2. The zero-order chi connectivity index (χ0) is 14.9. The fraction of sp³-hybridized carbons (Fsp3) is 0.214. The molecule has 2 N–H and O–H groups in total. The molecule has 1 heterocycles. The molecule has 0 radical (unpaired) electrons. The SMILES string of the molecule is Cc1ccc(C(=O)Nc2snc(C)c2C(=O)O)c(C)c1. The number of amides is 1. The Labute approximate surface area is 120 Å². The summed E-state index contributed by atoms with van der Waals surface area (Å²) >= 11 is 0.974. The van der Waals surface area contributed by atoms with Crippen molar-refractivity contribution in [2.24, 2.45) is 0 Å². The van der Waals surface area contributed by atoms with Crippen LogP contribution in [0.5, 0.6) is 0 Å². The molecule has 20 heavy (non-hydrogen) atoms. The number of hydrogen-bond acceptors (Lipinski definition) is 4. The lowest BCUT2D eigenvalue weighted by molar-refractivity contribution is 0.0697. The van der Waals surface area contributed by atoms with E-state index in [-0.39, 0.29) is 16.5 Å². The average molecular weight is 290 g/mol. The topological polar surface area (TPSA) is 79.3 Å². The van der Waals surface area contributed by atoms with Crippen molar-refractivity contribution in [2.75, 3.05) is 5.32 Å². The molecule has 104 valence electrons. The fourth-order valence-corrected chi connectivity index (χ4v) is 2.73. The maximum Gasteiger partial charge on any atom is 0.340 e. The molecule has 0 bridgehead atoms. The van der Waals surface area contributed by atoms with Gasteiger partial charge in [-0.1, -0.05) is 17.7 Å². The molecular weight excluding hydrogens is 276 g/mol. The van der Waals surface area contributed by atoms with Gasteiger partial charge in [-0.2, -0.15) is 4.37 Å². The van der Waals surface area contributed by atoms with Crippen LogP contribution >= 0.6 is 11.5 Å². The number of carboxylic acid groups (broad SMARTS) is 1. The molecule has 2 aromatic rings. The number of benzene rings is 1. The summed E-state index contributed by atoms with van der Waals surface area (Å²) in [6, 6.07) is 5.48. The number of carbonyl (C=O) groups is 2. The van der Waals surface area contributed by atoms with E-state index in [1.54, 1.807) is 13.0 Å². The third-order valence-corrected chi connectivity index (χ3v) is 3.78. The molecule has 0 fully saturated rings. The van der Waals surface area contributed by atoms with Crippen LogP contribution in [-0.4, -0.2) is 21.4 Å². The molecule has 0 unspecified atom stereocenters. The minimum atomic E-state index is -1.09. The molecule has 0 aliphatic carbocycles. The second kappa shape index (κ2) is 5.42. The first-order chi connectivity index (χ1) is 9.40. The summed E-state index contributed by atoms with van der Waals surface area (Å²) in [4.78, 5) is 23.4. The number of aromatic carboxylic acids is 1. The van der Waals surface area contributed by atoms with Crippen LogP contribution in [0.4, 0.5) is 5.00 Å². The second-order valence-corrected chi connectivity index (χ2v) is 5.32. The van der Waals surface area contributed by atoms with Crippen LogP contribution in [0.15, 0.2) is 18.2 Å². The number of carbonyl (C=O) groups excluding carboxylic acids is 1. The molecule has 1 amide bonds. The van der Waals surface area contributed by atoms with Crippen molar-refractivity contribution in [1.82, 2.24) is 4.37 Å². The summed E-state index contributed by atoms with van der Waals surface area (Å²) in [5.41, 5.74) is 2.89. The van der Waals surface area contributed by atoms with Gasteiger partial charge in [-0.05, 0) is 43.9 Å². The van der Waals surface area contributed by atoms with Crippen LogP contribution in [0.1, 0.15) is 37.5 Å². The van der Waals surface area contributed by atoms with E-state index in [2.05, 4.69) is 9.69 Å². The van der Waals surface area contributed by atoms with Gasteiger partial charge in [0.05, 0.1) is 5.69 Å². The van der Waals surface area contributed by atoms with Gasteiger partial charge >= 0.3 is 5.97 Å². The summed E-state index contributed by atoms with van der Waals surface area (Å²) in [5, 5.41) is 12.0. The zero-order valence-electron chi connectivity index (χ0n) is 11.4. The van der Waals surface area contributed by atoms with E-state index in [1.807, 2.05) is 26.0 Å². The Balaban J connectivity index is 2.31. The second-order valence-electron chi connectivity index (χ2n) is 4.55. The van der Waals surface area contributed by atoms with Gasteiger partial charge in [-0.25, -0.2) is 4.79 Å². The van der Waals surface area contributed by atoms with Gasteiger partial charge in [0, 0.05) is 5.56 Å². The van der Waals surface area contributed by atoms with Crippen molar-refractivity contribution < 1.29 is 14.7 Å². The predicted octanol–water partition coefficient (Wildman–Crippen LogP) is 3.02. The number of rotatable bonds is 3. The van der Waals surface area contributed by atoms with Crippen molar-refractivity contribution in [3.05, 3.63) is 46.1 Å². The molecule has 0 spiro atoms. The van der Waals surface area contributed by atoms with Gasteiger partial charge in [0.25, 0.3) is 5.91 Å². The van der Waals surface area contributed by atoms with Crippen LogP contribution in [0.25, 0.3) is 0 Å².